The molecule has 0 heterocycles. The van der Waals surface area contributed by atoms with Gasteiger partial charge in [-0.1, -0.05) is 30.3 Å². The largest absolute Gasteiger partial charge is 0.480 e. The monoisotopic (exact) mass is 222 g/mol. The first-order chi connectivity index (χ1) is 7.65. The van der Waals surface area contributed by atoms with Crippen molar-refractivity contribution >= 4 is 12.4 Å². The average molecular weight is 222 g/mol. The van der Waals surface area contributed by atoms with Gasteiger partial charge in [0, 0.05) is 0 Å². The number of aliphatic carboxylic acids is 1. The molecule has 0 bridgehead atoms. The lowest BCUT2D eigenvalue weighted by Gasteiger charge is -2.18. The first-order valence-corrected chi connectivity index (χ1v) is 4.88. The zero-order valence-corrected chi connectivity index (χ0v) is 8.67. The lowest BCUT2D eigenvalue weighted by Crippen LogP contribution is -2.35. The van der Waals surface area contributed by atoms with Crippen LogP contribution >= 0.6 is 0 Å². The Morgan fingerprint density at radius 2 is 2.06 bits per heavy atom. The van der Waals surface area contributed by atoms with Crippen LogP contribution in [0, 0.1) is 0 Å². The Balaban J connectivity index is 2.75. The molecule has 5 nitrogen and oxygen atoms in total. The Bertz CT molecular complexity index is 354. The van der Waals surface area contributed by atoms with Gasteiger partial charge in [0.25, 0.3) is 0 Å². The molecular formula is C11H14N2O3. The van der Waals surface area contributed by atoms with E-state index in [4.69, 9.17) is 10.8 Å². The first-order valence-electron chi connectivity index (χ1n) is 4.88. The summed E-state index contributed by atoms with van der Waals surface area (Å²) in [6.45, 7) is 0. The molecule has 0 radical (unpaired) electrons. The molecule has 0 saturated carbocycles. The summed E-state index contributed by atoms with van der Waals surface area (Å²) in [5, 5.41) is 11.3. The van der Waals surface area contributed by atoms with Gasteiger partial charge in [0.15, 0.2) is 0 Å². The van der Waals surface area contributed by atoms with E-state index in [2.05, 4.69) is 5.32 Å². The molecule has 1 amide bonds. The van der Waals surface area contributed by atoms with Crippen molar-refractivity contribution in [3.63, 3.8) is 0 Å². The highest BCUT2D eigenvalue weighted by molar-refractivity contribution is 5.73. The fourth-order valence-corrected chi connectivity index (χ4v) is 1.42. The quantitative estimate of drug-likeness (QED) is 0.602. The molecule has 0 aliphatic rings. The van der Waals surface area contributed by atoms with Gasteiger partial charge in [-0.2, -0.15) is 0 Å². The normalized spacial score (nSPS) is 13.8. The highest BCUT2D eigenvalue weighted by Crippen LogP contribution is 2.17. The Morgan fingerprint density at radius 3 is 2.56 bits per heavy atom. The molecule has 0 aliphatic carbocycles. The smallest absolute Gasteiger partial charge is 0.320 e. The molecule has 1 aromatic rings. The van der Waals surface area contributed by atoms with Crippen LogP contribution in [0.2, 0.25) is 0 Å². The Hall–Kier alpha value is -1.88. The van der Waals surface area contributed by atoms with Gasteiger partial charge in [0.2, 0.25) is 6.41 Å². The molecule has 2 atom stereocenters. The molecular weight excluding hydrogens is 208 g/mol. The standard InChI is InChI=1S/C11H14N2O3/c12-9(11(15)16)6-10(13-7-14)8-4-2-1-3-5-8/h1-5,7,9-10H,6,12H2,(H,13,14)(H,15,16). The maximum atomic E-state index is 10.6. The van der Waals surface area contributed by atoms with Gasteiger partial charge in [0.05, 0.1) is 6.04 Å². The van der Waals surface area contributed by atoms with Gasteiger partial charge in [0.1, 0.15) is 6.04 Å². The van der Waals surface area contributed by atoms with E-state index in [1.165, 1.54) is 0 Å². The van der Waals surface area contributed by atoms with Crippen LogP contribution in [0.1, 0.15) is 18.0 Å². The Kier molecular flexibility index (Phi) is 4.47. The number of nitrogens with two attached hydrogens (primary N) is 1. The number of carboxylic acids is 1. The van der Waals surface area contributed by atoms with Gasteiger partial charge in [-0.15, -0.1) is 0 Å². The first kappa shape index (κ1) is 12.2. The second-order valence-electron chi connectivity index (χ2n) is 3.43. The SMILES string of the molecule is NC(CC(NC=O)c1ccccc1)C(=O)O. The molecule has 0 aliphatic heterocycles. The van der Waals surface area contributed by atoms with E-state index in [0.717, 1.165) is 5.56 Å². The molecule has 86 valence electrons. The van der Waals surface area contributed by atoms with Crippen LogP contribution < -0.4 is 11.1 Å². The van der Waals surface area contributed by atoms with Crippen LogP contribution in [0.25, 0.3) is 0 Å². The summed E-state index contributed by atoms with van der Waals surface area (Å²) in [6.07, 6.45) is 0.713. The van der Waals surface area contributed by atoms with Crippen LogP contribution in [-0.4, -0.2) is 23.5 Å². The summed E-state index contributed by atoms with van der Waals surface area (Å²) in [5.74, 6) is -1.08. The summed E-state index contributed by atoms with van der Waals surface area (Å²) in [7, 11) is 0. The molecule has 0 spiro atoms. The third-order valence-corrected chi connectivity index (χ3v) is 2.28. The van der Waals surface area contributed by atoms with Crippen LogP contribution in [-0.2, 0) is 9.59 Å². The fraction of sp³-hybridized carbons (Fsp3) is 0.273. The van der Waals surface area contributed by atoms with E-state index in [1.807, 2.05) is 30.3 Å². The van der Waals surface area contributed by atoms with Crippen molar-refractivity contribution in [2.45, 2.75) is 18.5 Å². The topological polar surface area (TPSA) is 92.4 Å². The van der Waals surface area contributed by atoms with Crippen molar-refractivity contribution in [2.24, 2.45) is 5.73 Å². The molecule has 5 heteroatoms. The lowest BCUT2D eigenvalue weighted by atomic mass is 10.00. The van der Waals surface area contributed by atoms with Gasteiger partial charge >= 0.3 is 5.97 Å². The van der Waals surface area contributed by atoms with Crippen molar-refractivity contribution in [1.82, 2.24) is 5.32 Å². The minimum atomic E-state index is -1.08. The number of carboxylic acid groups (broad SMARTS) is 1. The second-order valence-corrected chi connectivity index (χ2v) is 3.43. The highest BCUT2D eigenvalue weighted by Gasteiger charge is 2.19. The van der Waals surface area contributed by atoms with E-state index in [0.29, 0.717) is 6.41 Å². The van der Waals surface area contributed by atoms with Crippen molar-refractivity contribution < 1.29 is 14.7 Å². The molecule has 0 fully saturated rings. The number of amides is 1. The number of hydrogen-bond donors (Lipinski definition) is 3. The third kappa shape index (κ3) is 3.36. The molecule has 0 aromatic heterocycles. The Morgan fingerprint density at radius 1 is 1.44 bits per heavy atom. The summed E-state index contributed by atoms with van der Waals surface area (Å²) < 4.78 is 0. The van der Waals surface area contributed by atoms with Crippen LogP contribution in [0.3, 0.4) is 0 Å². The van der Waals surface area contributed by atoms with E-state index in [9.17, 15) is 9.59 Å². The molecule has 2 unspecified atom stereocenters. The van der Waals surface area contributed by atoms with Gasteiger partial charge in [-0.05, 0) is 12.0 Å². The number of nitrogens with one attached hydrogen (secondary N) is 1. The molecule has 0 saturated heterocycles. The van der Waals surface area contributed by atoms with Gasteiger partial charge in [-0.25, -0.2) is 0 Å². The van der Waals surface area contributed by atoms with E-state index >= 15 is 0 Å². The van der Waals surface area contributed by atoms with Crippen LogP contribution in [0.15, 0.2) is 30.3 Å². The van der Waals surface area contributed by atoms with Crippen molar-refractivity contribution in [1.29, 1.82) is 0 Å². The summed E-state index contributed by atoms with van der Waals surface area (Å²) in [4.78, 5) is 21.1. The van der Waals surface area contributed by atoms with Gasteiger partial charge < -0.3 is 16.2 Å². The zero-order valence-electron chi connectivity index (χ0n) is 8.67. The zero-order chi connectivity index (χ0) is 12.0. The molecule has 16 heavy (non-hydrogen) atoms. The number of benzene rings is 1. The molecule has 1 rings (SSSR count). The number of carbonyl (C=O) groups is 2. The summed E-state index contributed by atoms with van der Waals surface area (Å²) in [6, 6.07) is 7.76. The summed E-state index contributed by atoms with van der Waals surface area (Å²) in [5.41, 5.74) is 6.27. The predicted molar refractivity (Wildman–Crippen MR) is 58.6 cm³/mol. The maximum Gasteiger partial charge on any atom is 0.320 e. The number of carbonyl (C=O) groups excluding carboxylic acids is 1. The second kappa shape index (κ2) is 5.87. The Labute approximate surface area is 93.3 Å². The predicted octanol–water partition coefficient (Wildman–Crippen LogP) is 0.276. The van der Waals surface area contributed by atoms with Crippen molar-refractivity contribution in [3.05, 3.63) is 35.9 Å². The minimum absolute atomic E-state index is 0.165. The summed E-state index contributed by atoms with van der Waals surface area (Å²) >= 11 is 0. The van der Waals surface area contributed by atoms with Crippen LogP contribution in [0.5, 0.6) is 0 Å². The fourth-order valence-electron chi connectivity index (χ4n) is 1.42. The van der Waals surface area contributed by atoms with Gasteiger partial charge in [-0.3, -0.25) is 9.59 Å². The van der Waals surface area contributed by atoms with E-state index in [-0.39, 0.29) is 12.5 Å². The molecule has 1 aromatic carbocycles. The van der Waals surface area contributed by atoms with Crippen molar-refractivity contribution in [2.75, 3.05) is 0 Å². The highest BCUT2D eigenvalue weighted by atomic mass is 16.4. The molecule has 4 N–H and O–H groups in total. The van der Waals surface area contributed by atoms with Crippen molar-refractivity contribution in [3.8, 4) is 0 Å². The number of rotatable bonds is 6. The average Bonchev–Trinajstić information content (AvgIpc) is 2.29. The van der Waals surface area contributed by atoms with Crippen LogP contribution in [0.4, 0.5) is 0 Å². The maximum absolute atomic E-state index is 10.6. The minimum Gasteiger partial charge on any atom is -0.480 e. The third-order valence-electron chi connectivity index (χ3n) is 2.28. The lowest BCUT2D eigenvalue weighted by molar-refractivity contribution is -0.139. The number of hydrogen-bond acceptors (Lipinski definition) is 3. The van der Waals surface area contributed by atoms with E-state index < -0.39 is 12.0 Å². The van der Waals surface area contributed by atoms with E-state index in [1.54, 1.807) is 0 Å².